The topological polar surface area (TPSA) is 50.4 Å². The first-order valence-corrected chi connectivity index (χ1v) is 8.76. The zero-order valence-corrected chi connectivity index (χ0v) is 15.9. The van der Waals surface area contributed by atoms with Crippen molar-refractivity contribution in [2.24, 2.45) is 0 Å². The van der Waals surface area contributed by atoms with E-state index in [4.69, 9.17) is 17.0 Å². The van der Waals surface area contributed by atoms with Gasteiger partial charge in [0.05, 0.1) is 6.10 Å². The van der Waals surface area contributed by atoms with Crippen molar-refractivity contribution < 1.29 is 9.53 Å². The van der Waals surface area contributed by atoms with Gasteiger partial charge in [-0.1, -0.05) is 13.0 Å². The standard InChI is InChI=1S/C20H24N2O2S/c1-5-15(4)24-18-10-7-16(8-11-18)19(23)22-20(25)21-17-9-6-13(2)14(3)12-17/h6-12,15H,5H2,1-4H3,(H2,21,22,23,25). The van der Waals surface area contributed by atoms with Gasteiger partial charge in [-0.2, -0.15) is 0 Å². The van der Waals surface area contributed by atoms with E-state index in [1.165, 1.54) is 5.56 Å². The van der Waals surface area contributed by atoms with Crippen molar-refractivity contribution in [3.05, 3.63) is 59.2 Å². The van der Waals surface area contributed by atoms with E-state index in [-0.39, 0.29) is 17.1 Å². The molecule has 0 aromatic heterocycles. The van der Waals surface area contributed by atoms with E-state index in [9.17, 15) is 4.79 Å². The summed E-state index contributed by atoms with van der Waals surface area (Å²) in [7, 11) is 0. The van der Waals surface area contributed by atoms with Gasteiger partial charge in [-0.3, -0.25) is 10.1 Å². The lowest BCUT2D eigenvalue weighted by molar-refractivity contribution is 0.0977. The van der Waals surface area contributed by atoms with Crippen molar-refractivity contribution in [2.75, 3.05) is 5.32 Å². The quantitative estimate of drug-likeness (QED) is 0.768. The smallest absolute Gasteiger partial charge is 0.257 e. The number of hydrogen-bond donors (Lipinski definition) is 2. The summed E-state index contributed by atoms with van der Waals surface area (Å²) in [6, 6.07) is 13.0. The summed E-state index contributed by atoms with van der Waals surface area (Å²) < 4.78 is 5.71. The van der Waals surface area contributed by atoms with Gasteiger partial charge in [0.2, 0.25) is 0 Å². The van der Waals surface area contributed by atoms with Crippen molar-refractivity contribution >= 4 is 28.9 Å². The lowest BCUT2D eigenvalue weighted by atomic mass is 10.1. The Morgan fingerprint density at radius 2 is 1.80 bits per heavy atom. The second kappa shape index (κ2) is 8.62. The van der Waals surface area contributed by atoms with Crippen molar-refractivity contribution in [1.29, 1.82) is 0 Å². The van der Waals surface area contributed by atoms with Gasteiger partial charge in [0, 0.05) is 11.3 Å². The van der Waals surface area contributed by atoms with E-state index in [0.29, 0.717) is 5.56 Å². The van der Waals surface area contributed by atoms with E-state index in [2.05, 4.69) is 17.6 Å². The van der Waals surface area contributed by atoms with Crippen LogP contribution < -0.4 is 15.4 Å². The average Bonchev–Trinajstić information content (AvgIpc) is 2.58. The molecule has 1 unspecified atom stereocenters. The highest BCUT2D eigenvalue weighted by molar-refractivity contribution is 7.80. The molecule has 0 bridgehead atoms. The minimum absolute atomic E-state index is 0.148. The predicted molar refractivity (Wildman–Crippen MR) is 106 cm³/mol. The van der Waals surface area contributed by atoms with Crippen LogP contribution in [0.4, 0.5) is 5.69 Å². The van der Waals surface area contributed by atoms with E-state index in [1.807, 2.05) is 39.0 Å². The summed E-state index contributed by atoms with van der Waals surface area (Å²) in [5.41, 5.74) is 3.75. The zero-order valence-electron chi connectivity index (χ0n) is 15.1. The molecule has 1 amide bonds. The number of anilines is 1. The molecule has 0 spiro atoms. The lowest BCUT2D eigenvalue weighted by Crippen LogP contribution is -2.34. The Morgan fingerprint density at radius 1 is 1.12 bits per heavy atom. The largest absolute Gasteiger partial charge is 0.491 e. The molecule has 0 aliphatic heterocycles. The Morgan fingerprint density at radius 3 is 2.40 bits per heavy atom. The van der Waals surface area contributed by atoms with Gasteiger partial charge in [0.15, 0.2) is 5.11 Å². The molecule has 25 heavy (non-hydrogen) atoms. The molecule has 5 heteroatoms. The average molecular weight is 356 g/mol. The highest BCUT2D eigenvalue weighted by Gasteiger charge is 2.09. The second-order valence-corrected chi connectivity index (χ2v) is 6.48. The van der Waals surface area contributed by atoms with E-state index in [1.54, 1.807) is 24.3 Å². The number of carbonyl (C=O) groups excluding carboxylic acids is 1. The van der Waals surface area contributed by atoms with Gasteiger partial charge in [0.25, 0.3) is 5.91 Å². The van der Waals surface area contributed by atoms with Gasteiger partial charge in [-0.25, -0.2) is 0 Å². The van der Waals surface area contributed by atoms with Crippen LogP contribution in [-0.2, 0) is 0 Å². The molecule has 0 heterocycles. The van der Waals surface area contributed by atoms with Gasteiger partial charge in [-0.05, 0) is 86.9 Å². The van der Waals surface area contributed by atoms with Crippen molar-refractivity contribution in [3.8, 4) is 5.75 Å². The third-order valence-corrected chi connectivity index (χ3v) is 4.22. The number of aryl methyl sites for hydroxylation is 2. The molecule has 0 saturated carbocycles. The van der Waals surface area contributed by atoms with E-state index >= 15 is 0 Å². The molecule has 2 rings (SSSR count). The molecule has 2 aromatic carbocycles. The Hall–Kier alpha value is -2.40. The maximum absolute atomic E-state index is 12.3. The number of nitrogens with one attached hydrogen (secondary N) is 2. The maximum Gasteiger partial charge on any atom is 0.257 e. The molecule has 1 atom stereocenters. The number of thiocarbonyl (C=S) groups is 1. The lowest BCUT2D eigenvalue weighted by Gasteiger charge is -2.13. The van der Waals surface area contributed by atoms with Gasteiger partial charge in [-0.15, -0.1) is 0 Å². The number of benzene rings is 2. The Balaban J connectivity index is 1.94. The molecule has 2 N–H and O–H groups in total. The van der Waals surface area contributed by atoms with Gasteiger partial charge in [0.1, 0.15) is 5.75 Å². The molecule has 0 fully saturated rings. The number of carbonyl (C=O) groups is 1. The van der Waals surface area contributed by atoms with E-state index < -0.39 is 0 Å². The fraction of sp³-hybridized carbons (Fsp3) is 0.300. The fourth-order valence-corrected chi connectivity index (χ4v) is 2.37. The van der Waals surface area contributed by atoms with Gasteiger partial charge < -0.3 is 10.1 Å². The molecule has 0 aliphatic carbocycles. The van der Waals surface area contributed by atoms with Crippen LogP contribution in [0.5, 0.6) is 5.75 Å². The van der Waals surface area contributed by atoms with Crippen LogP contribution in [0.3, 0.4) is 0 Å². The molecular weight excluding hydrogens is 332 g/mol. The summed E-state index contributed by atoms with van der Waals surface area (Å²) in [4.78, 5) is 12.3. The van der Waals surface area contributed by atoms with Crippen molar-refractivity contribution in [2.45, 2.75) is 40.2 Å². The van der Waals surface area contributed by atoms with Gasteiger partial charge >= 0.3 is 0 Å². The highest BCUT2D eigenvalue weighted by atomic mass is 32.1. The normalized spacial score (nSPS) is 11.5. The Kier molecular flexibility index (Phi) is 6.53. The first-order chi connectivity index (χ1) is 11.9. The summed E-state index contributed by atoms with van der Waals surface area (Å²) in [6.45, 7) is 8.16. The van der Waals surface area contributed by atoms with Crippen LogP contribution in [0.1, 0.15) is 41.8 Å². The highest BCUT2D eigenvalue weighted by Crippen LogP contribution is 2.16. The van der Waals surface area contributed by atoms with Crippen LogP contribution in [-0.4, -0.2) is 17.1 Å². The monoisotopic (exact) mass is 356 g/mol. The Bertz CT molecular complexity index is 757. The molecule has 2 aromatic rings. The second-order valence-electron chi connectivity index (χ2n) is 6.07. The molecule has 132 valence electrons. The summed E-state index contributed by atoms with van der Waals surface area (Å²) >= 11 is 5.22. The molecule has 0 aliphatic rings. The minimum atomic E-state index is -0.253. The fourth-order valence-electron chi connectivity index (χ4n) is 2.16. The minimum Gasteiger partial charge on any atom is -0.491 e. The van der Waals surface area contributed by atoms with Crippen molar-refractivity contribution in [1.82, 2.24) is 5.32 Å². The zero-order chi connectivity index (χ0) is 18.4. The predicted octanol–water partition coefficient (Wildman–Crippen LogP) is 4.61. The van der Waals surface area contributed by atoms with Crippen molar-refractivity contribution in [3.63, 3.8) is 0 Å². The first kappa shape index (κ1) is 18.9. The van der Waals surface area contributed by atoms with Crippen LogP contribution >= 0.6 is 12.2 Å². The number of rotatable bonds is 5. The summed E-state index contributed by atoms with van der Waals surface area (Å²) in [5.74, 6) is 0.498. The summed E-state index contributed by atoms with van der Waals surface area (Å²) in [5, 5.41) is 5.99. The van der Waals surface area contributed by atoms with Crippen LogP contribution in [0.25, 0.3) is 0 Å². The first-order valence-electron chi connectivity index (χ1n) is 8.35. The third-order valence-electron chi connectivity index (χ3n) is 4.02. The molecular formula is C20H24N2O2S. The molecule has 4 nitrogen and oxygen atoms in total. The third kappa shape index (κ3) is 5.57. The van der Waals surface area contributed by atoms with Crippen LogP contribution in [0, 0.1) is 13.8 Å². The molecule has 0 saturated heterocycles. The SMILES string of the molecule is CCC(C)Oc1ccc(C(=O)NC(=S)Nc2ccc(C)c(C)c2)cc1. The van der Waals surface area contributed by atoms with E-state index in [0.717, 1.165) is 23.4 Å². The summed E-state index contributed by atoms with van der Waals surface area (Å²) in [6.07, 6.45) is 1.08. The number of ether oxygens (including phenoxy) is 1. The molecule has 0 radical (unpaired) electrons. The maximum atomic E-state index is 12.3. The van der Waals surface area contributed by atoms with Crippen LogP contribution in [0.15, 0.2) is 42.5 Å². The van der Waals surface area contributed by atoms with Crippen LogP contribution in [0.2, 0.25) is 0 Å². The number of hydrogen-bond acceptors (Lipinski definition) is 3. The Labute approximate surface area is 154 Å². The number of amides is 1.